The predicted octanol–water partition coefficient (Wildman–Crippen LogP) is 0.387. The smallest absolute Gasteiger partial charge is 0.260 e. The molecule has 7 heteroatoms. The van der Waals surface area contributed by atoms with Crippen LogP contribution in [0.4, 0.5) is 5.69 Å². The van der Waals surface area contributed by atoms with Gasteiger partial charge in [-0.1, -0.05) is 17.7 Å². The van der Waals surface area contributed by atoms with E-state index in [4.69, 9.17) is 0 Å². The highest BCUT2D eigenvalue weighted by Crippen LogP contribution is 2.15. The highest BCUT2D eigenvalue weighted by atomic mass is 16.2. The lowest BCUT2D eigenvalue weighted by molar-refractivity contribution is -0.131. The van der Waals surface area contributed by atoms with E-state index in [9.17, 15) is 14.4 Å². The molecule has 0 radical (unpaired) electrons. The Morgan fingerprint density at radius 1 is 1.14 bits per heavy atom. The number of rotatable bonds is 5. The number of benzene rings is 1. The minimum absolute atomic E-state index is 0.0265. The van der Waals surface area contributed by atoms with Crippen molar-refractivity contribution >= 4 is 23.4 Å². The summed E-state index contributed by atoms with van der Waals surface area (Å²) >= 11 is 0. The third-order valence-corrected chi connectivity index (χ3v) is 2.96. The zero-order chi connectivity index (χ0) is 16.7. The van der Waals surface area contributed by atoms with Crippen LogP contribution in [0.2, 0.25) is 0 Å². The van der Waals surface area contributed by atoms with E-state index in [0.717, 1.165) is 16.8 Å². The SMILES string of the molecule is CC(=O)NC(C)C(=O)NNC(=O)CNc1ccc(C)cc1C. The van der Waals surface area contributed by atoms with Gasteiger partial charge in [-0.05, 0) is 32.4 Å². The highest BCUT2D eigenvalue weighted by Gasteiger charge is 2.14. The number of nitrogens with one attached hydrogen (secondary N) is 4. The fraction of sp³-hybridized carbons (Fsp3) is 0.400. The average molecular weight is 306 g/mol. The van der Waals surface area contributed by atoms with Crippen LogP contribution in [0.3, 0.4) is 0 Å². The van der Waals surface area contributed by atoms with Crippen LogP contribution in [-0.2, 0) is 14.4 Å². The van der Waals surface area contributed by atoms with Crippen molar-refractivity contribution in [1.82, 2.24) is 16.2 Å². The van der Waals surface area contributed by atoms with E-state index in [2.05, 4.69) is 21.5 Å². The fourth-order valence-electron chi connectivity index (χ4n) is 1.84. The lowest BCUT2D eigenvalue weighted by atomic mass is 10.1. The van der Waals surface area contributed by atoms with Gasteiger partial charge in [-0.2, -0.15) is 0 Å². The molecule has 1 aromatic rings. The normalized spacial score (nSPS) is 11.3. The third-order valence-electron chi connectivity index (χ3n) is 2.96. The first-order chi connectivity index (χ1) is 10.3. The maximum absolute atomic E-state index is 11.7. The van der Waals surface area contributed by atoms with Crippen LogP contribution >= 0.6 is 0 Å². The number of hydrogen-bond acceptors (Lipinski definition) is 4. The lowest BCUT2D eigenvalue weighted by Gasteiger charge is -2.14. The van der Waals surface area contributed by atoms with Crippen molar-refractivity contribution in [2.45, 2.75) is 33.7 Å². The Bertz CT molecular complexity index is 572. The second-order valence-electron chi connectivity index (χ2n) is 5.13. The Balaban J connectivity index is 2.37. The van der Waals surface area contributed by atoms with Gasteiger partial charge in [-0.3, -0.25) is 25.2 Å². The molecule has 120 valence electrons. The zero-order valence-corrected chi connectivity index (χ0v) is 13.2. The monoisotopic (exact) mass is 306 g/mol. The molecule has 1 aromatic carbocycles. The molecule has 1 atom stereocenters. The van der Waals surface area contributed by atoms with E-state index < -0.39 is 11.9 Å². The molecule has 0 bridgehead atoms. The molecular formula is C15H22N4O3. The number of amides is 3. The summed E-state index contributed by atoms with van der Waals surface area (Å²) in [6, 6.07) is 5.14. The van der Waals surface area contributed by atoms with Crippen molar-refractivity contribution in [3.8, 4) is 0 Å². The van der Waals surface area contributed by atoms with Crippen molar-refractivity contribution < 1.29 is 14.4 Å². The van der Waals surface area contributed by atoms with Crippen LogP contribution in [0, 0.1) is 13.8 Å². The van der Waals surface area contributed by atoms with Crippen LogP contribution in [0.1, 0.15) is 25.0 Å². The third kappa shape index (κ3) is 5.82. The summed E-state index contributed by atoms with van der Waals surface area (Å²) in [6.45, 7) is 6.81. The maximum atomic E-state index is 11.7. The Labute approximate surface area is 129 Å². The first kappa shape index (κ1) is 17.5. The van der Waals surface area contributed by atoms with Gasteiger partial charge in [-0.15, -0.1) is 0 Å². The van der Waals surface area contributed by atoms with Gasteiger partial charge in [-0.25, -0.2) is 0 Å². The second-order valence-corrected chi connectivity index (χ2v) is 5.13. The van der Waals surface area contributed by atoms with Gasteiger partial charge in [0.05, 0.1) is 6.54 Å². The van der Waals surface area contributed by atoms with Crippen LogP contribution in [0.25, 0.3) is 0 Å². The largest absolute Gasteiger partial charge is 0.376 e. The van der Waals surface area contributed by atoms with Crippen molar-refractivity contribution in [2.24, 2.45) is 0 Å². The van der Waals surface area contributed by atoms with Gasteiger partial charge in [0.25, 0.3) is 11.8 Å². The van der Waals surface area contributed by atoms with Crippen LogP contribution in [0.15, 0.2) is 18.2 Å². The number of carbonyl (C=O) groups excluding carboxylic acids is 3. The molecule has 0 saturated carbocycles. The molecule has 0 aromatic heterocycles. The van der Waals surface area contributed by atoms with Gasteiger partial charge < -0.3 is 10.6 Å². The molecule has 0 spiro atoms. The van der Waals surface area contributed by atoms with Crippen LogP contribution < -0.4 is 21.5 Å². The minimum atomic E-state index is -0.717. The summed E-state index contributed by atoms with van der Waals surface area (Å²) < 4.78 is 0. The van der Waals surface area contributed by atoms with Crippen LogP contribution in [-0.4, -0.2) is 30.3 Å². The summed E-state index contributed by atoms with van der Waals surface area (Å²) in [5, 5.41) is 5.41. The number of aryl methyl sites for hydroxylation is 2. The Kier molecular flexibility index (Phi) is 6.37. The highest BCUT2D eigenvalue weighted by molar-refractivity contribution is 5.89. The van der Waals surface area contributed by atoms with Crippen molar-refractivity contribution in [1.29, 1.82) is 0 Å². The molecule has 1 rings (SSSR count). The quantitative estimate of drug-likeness (QED) is 0.591. The van der Waals surface area contributed by atoms with E-state index >= 15 is 0 Å². The maximum Gasteiger partial charge on any atom is 0.260 e. The summed E-state index contributed by atoms with van der Waals surface area (Å²) in [5.74, 6) is -1.19. The molecule has 0 heterocycles. The number of hydrogen-bond donors (Lipinski definition) is 4. The van der Waals surface area contributed by atoms with Crippen molar-refractivity contribution in [3.05, 3.63) is 29.3 Å². The van der Waals surface area contributed by atoms with Crippen molar-refractivity contribution in [2.75, 3.05) is 11.9 Å². The Hall–Kier alpha value is -2.57. The van der Waals surface area contributed by atoms with Gasteiger partial charge in [0.1, 0.15) is 6.04 Å². The molecule has 0 aliphatic heterocycles. The topological polar surface area (TPSA) is 99.3 Å². The average Bonchev–Trinajstić information content (AvgIpc) is 2.43. The zero-order valence-electron chi connectivity index (χ0n) is 13.2. The molecule has 4 N–H and O–H groups in total. The molecule has 0 aliphatic rings. The van der Waals surface area contributed by atoms with Crippen LogP contribution in [0.5, 0.6) is 0 Å². The number of carbonyl (C=O) groups is 3. The Morgan fingerprint density at radius 2 is 1.82 bits per heavy atom. The minimum Gasteiger partial charge on any atom is -0.376 e. The molecular weight excluding hydrogens is 284 g/mol. The van der Waals surface area contributed by atoms with Gasteiger partial charge in [0.2, 0.25) is 5.91 Å². The molecule has 0 saturated heterocycles. The predicted molar refractivity (Wildman–Crippen MR) is 84.0 cm³/mol. The summed E-state index contributed by atoms with van der Waals surface area (Å²) in [4.78, 5) is 34.1. The number of hydrazine groups is 1. The first-order valence-corrected chi connectivity index (χ1v) is 6.96. The second kappa shape index (κ2) is 8.02. The molecule has 7 nitrogen and oxygen atoms in total. The molecule has 0 fully saturated rings. The number of anilines is 1. The molecule has 22 heavy (non-hydrogen) atoms. The standard InChI is InChI=1S/C15H22N4O3/c1-9-5-6-13(10(2)7-9)16-8-14(21)18-19-15(22)11(3)17-12(4)20/h5-7,11,16H,8H2,1-4H3,(H,17,20)(H,18,21)(H,19,22). The first-order valence-electron chi connectivity index (χ1n) is 6.96. The van der Waals surface area contributed by atoms with Gasteiger partial charge >= 0.3 is 0 Å². The van der Waals surface area contributed by atoms with E-state index in [1.54, 1.807) is 0 Å². The van der Waals surface area contributed by atoms with E-state index in [1.165, 1.54) is 13.8 Å². The molecule has 0 aliphatic carbocycles. The van der Waals surface area contributed by atoms with E-state index in [1.807, 2.05) is 32.0 Å². The van der Waals surface area contributed by atoms with E-state index in [0.29, 0.717) is 0 Å². The van der Waals surface area contributed by atoms with E-state index in [-0.39, 0.29) is 18.4 Å². The Morgan fingerprint density at radius 3 is 2.41 bits per heavy atom. The van der Waals surface area contributed by atoms with Gasteiger partial charge in [0, 0.05) is 12.6 Å². The summed E-state index contributed by atoms with van der Waals surface area (Å²) in [7, 11) is 0. The molecule has 1 unspecified atom stereocenters. The lowest BCUT2D eigenvalue weighted by Crippen LogP contribution is -2.51. The summed E-state index contributed by atoms with van der Waals surface area (Å²) in [6.07, 6.45) is 0. The van der Waals surface area contributed by atoms with Gasteiger partial charge in [0.15, 0.2) is 0 Å². The summed E-state index contributed by atoms with van der Waals surface area (Å²) in [5.41, 5.74) is 7.58. The fourth-order valence-corrected chi connectivity index (χ4v) is 1.84. The van der Waals surface area contributed by atoms with Crippen molar-refractivity contribution in [3.63, 3.8) is 0 Å². The molecule has 3 amide bonds.